The van der Waals surface area contributed by atoms with E-state index in [9.17, 15) is 4.79 Å². The van der Waals surface area contributed by atoms with Crippen LogP contribution in [0.3, 0.4) is 0 Å². The molecule has 0 unspecified atom stereocenters. The van der Waals surface area contributed by atoms with Crippen molar-refractivity contribution in [3.63, 3.8) is 0 Å². The first-order valence-electron chi connectivity index (χ1n) is 7.35. The Morgan fingerprint density at radius 2 is 2.08 bits per heavy atom. The number of H-pyrrole nitrogens is 1. The molecule has 24 heavy (non-hydrogen) atoms. The highest BCUT2D eigenvalue weighted by Crippen LogP contribution is 2.23. The van der Waals surface area contributed by atoms with Crippen LogP contribution in [0.15, 0.2) is 52.5 Å². The average molecular weight is 357 g/mol. The van der Waals surface area contributed by atoms with Crippen molar-refractivity contribution in [2.24, 2.45) is 0 Å². The molecule has 0 amide bonds. The van der Waals surface area contributed by atoms with Crippen molar-refractivity contribution in [2.75, 3.05) is 0 Å². The molecule has 3 aromatic heterocycles. The lowest BCUT2D eigenvalue weighted by molar-refractivity contribution is 1.01. The topological polar surface area (TPSA) is 63.1 Å². The van der Waals surface area contributed by atoms with Crippen molar-refractivity contribution in [3.05, 3.63) is 69.2 Å². The molecule has 3 heterocycles. The SMILES string of the molecule is Cc1ccc2nc(SCc3cc(=O)n4cc(Cl)ccc4n3)[nH]c2c1. The van der Waals surface area contributed by atoms with Crippen molar-refractivity contribution >= 4 is 40.0 Å². The fourth-order valence-electron chi connectivity index (χ4n) is 2.51. The van der Waals surface area contributed by atoms with Gasteiger partial charge in [-0.15, -0.1) is 0 Å². The van der Waals surface area contributed by atoms with Crippen molar-refractivity contribution in [2.45, 2.75) is 17.8 Å². The number of halogens is 1. The number of aromatic nitrogens is 4. The number of pyridine rings is 1. The van der Waals surface area contributed by atoms with E-state index in [-0.39, 0.29) is 5.56 Å². The molecule has 0 saturated carbocycles. The molecule has 0 saturated heterocycles. The second-order valence-corrected chi connectivity index (χ2v) is 6.91. The molecule has 0 bridgehead atoms. The van der Waals surface area contributed by atoms with Crippen LogP contribution in [-0.2, 0) is 5.75 Å². The third-order valence-corrected chi connectivity index (χ3v) is 4.78. The molecule has 4 rings (SSSR count). The van der Waals surface area contributed by atoms with Crippen molar-refractivity contribution in [3.8, 4) is 0 Å². The first-order chi connectivity index (χ1) is 11.6. The Morgan fingerprint density at radius 3 is 2.96 bits per heavy atom. The zero-order valence-electron chi connectivity index (χ0n) is 12.8. The van der Waals surface area contributed by atoms with E-state index in [0.717, 1.165) is 16.2 Å². The lowest BCUT2D eigenvalue weighted by Crippen LogP contribution is -2.15. The van der Waals surface area contributed by atoms with Gasteiger partial charge in [0.2, 0.25) is 0 Å². The number of nitrogens with zero attached hydrogens (tertiary/aromatic N) is 3. The normalized spacial score (nSPS) is 11.4. The van der Waals surface area contributed by atoms with Crippen LogP contribution in [0.4, 0.5) is 0 Å². The van der Waals surface area contributed by atoms with Gasteiger partial charge in [0.05, 0.1) is 21.7 Å². The number of thioether (sulfide) groups is 1. The number of rotatable bonds is 3. The third kappa shape index (κ3) is 2.90. The molecule has 1 N–H and O–H groups in total. The van der Waals surface area contributed by atoms with Gasteiger partial charge < -0.3 is 4.98 Å². The molecule has 0 spiro atoms. The van der Waals surface area contributed by atoms with Crippen LogP contribution in [0.1, 0.15) is 11.3 Å². The number of benzene rings is 1. The van der Waals surface area contributed by atoms with Gasteiger partial charge in [0.25, 0.3) is 5.56 Å². The Morgan fingerprint density at radius 1 is 1.21 bits per heavy atom. The summed E-state index contributed by atoms with van der Waals surface area (Å²) in [6.45, 7) is 2.05. The van der Waals surface area contributed by atoms with E-state index < -0.39 is 0 Å². The van der Waals surface area contributed by atoms with Gasteiger partial charge in [-0.1, -0.05) is 29.4 Å². The minimum atomic E-state index is -0.140. The summed E-state index contributed by atoms with van der Waals surface area (Å²) in [6, 6.07) is 11.1. The van der Waals surface area contributed by atoms with Gasteiger partial charge in [0, 0.05) is 18.0 Å². The van der Waals surface area contributed by atoms with E-state index >= 15 is 0 Å². The molecular formula is C17H13ClN4OS. The average Bonchev–Trinajstić information content (AvgIpc) is 2.95. The molecule has 1 aromatic carbocycles. The maximum atomic E-state index is 12.2. The molecule has 4 aromatic rings. The Balaban J connectivity index is 1.61. The van der Waals surface area contributed by atoms with Crippen molar-refractivity contribution in [1.29, 1.82) is 0 Å². The first kappa shape index (κ1) is 15.2. The number of fused-ring (bicyclic) bond motifs is 2. The zero-order chi connectivity index (χ0) is 16.7. The Hall–Kier alpha value is -2.31. The van der Waals surface area contributed by atoms with Gasteiger partial charge in [0.15, 0.2) is 5.16 Å². The molecule has 120 valence electrons. The molecule has 0 radical (unpaired) electrons. The molecule has 0 aliphatic rings. The Kier molecular flexibility index (Phi) is 3.78. The third-order valence-electron chi connectivity index (χ3n) is 3.65. The highest BCUT2D eigenvalue weighted by molar-refractivity contribution is 7.98. The molecule has 0 aliphatic carbocycles. The minimum Gasteiger partial charge on any atom is -0.333 e. The first-order valence-corrected chi connectivity index (χ1v) is 8.72. The molecule has 0 fully saturated rings. The van der Waals surface area contributed by atoms with Gasteiger partial charge in [-0.2, -0.15) is 0 Å². The fourth-order valence-corrected chi connectivity index (χ4v) is 3.45. The van der Waals surface area contributed by atoms with E-state index in [1.807, 2.05) is 19.1 Å². The summed E-state index contributed by atoms with van der Waals surface area (Å²) in [5, 5.41) is 1.32. The summed E-state index contributed by atoms with van der Waals surface area (Å²) in [5.41, 5.74) is 4.29. The van der Waals surface area contributed by atoms with Crippen molar-refractivity contribution < 1.29 is 0 Å². The number of nitrogens with one attached hydrogen (secondary N) is 1. The highest BCUT2D eigenvalue weighted by atomic mass is 35.5. The Labute approximate surface area is 146 Å². The zero-order valence-corrected chi connectivity index (χ0v) is 14.4. The second-order valence-electron chi connectivity index (χ2n) is 5.51. The standard InChI is InChI=1S/C17H13ClN4OS/c1-10-2-4-13-14(6-10)21-17(20-13)24-9-12-7-16(23)22-8-11(18)3-5-15(22)19-12/h2-8H,9H2,1H3,(H,20,21). The lowest BCUT2D eigenvalue weighted by atomic mass is 10.2. The molecule has 0 aliphatic heterocycles. The molecule has 0 atom stereocenters. The van der Waals surface area contributed by atoms with Crippen LogP contribution in [-0.4, -0.2) is 19.4 Å². The van der Waals surface area contributed by atoms with Crippen LogP contribution in [0, 0.1) is 6.92 Å². The minimum absolute atomic E-state index is 0.140. The van der Waals surface area contributed by atoms with E-state index in [0.29, 0.717) is 22.1 Å². The predicted octanol–water partition coefficient (Wildman–Crippen LogP) is 3.82. The number of hydrogen-bond donors (Lipinski definition) is 1. The smallest absolute Gasteiger partial charge is 0.258 e. The van der Waals surface area contributed by atoms with Crippen LogP contribution >= 0.6 is 23.4 Å². The number of aromatic amines is 1. The number of aryl methyl sites for hydroxylation is 1. The summed E-state index contributed by atoms with van der Waals surface area (Å²) < 4.78 is 1.44. The van der Waals surface area contributed by atoms with Crippen molar-refractivity contribution in [1.82, 2.24) is 19.4 Å². The summed E-state index contributed by atoms with van der Waals surface area (Å²) in [4.78, 5) is 24.5. The Bertz CT molecular complexity index is 1120. The summed E-state index contributed by atoms with van der Waals surface area (Å²) >= 11 is 7.44. The fraction of sp³-hybridized carbons (Fsp3) is 0.118. The summed E-state index contributed by atoms with van der Waals surface area (Å²) in [7, 11) is 0. The maximum absolute atomic E-state index is 12.2. The number of hydrogen-bond acceptors (Lipinski definition) is 4. The summed E-state index contributed by atoms with van der Waals surface area (Å²) in [5.74, 6) is 0.563. The predicted molar refractivity (Wildman–Crippen MR) is 96.9 cm³/mol. The number of imidazole rings is 1. The van der Waals surface area contributed by atoms with Crippen LogP contribution in [0.2, 0.25) is 5.02 Å². The quantitative estimate of drug-likeness (QED) is 0.567. The monoisotopic (exact) mass is 356 g/mol. The lowest BCUT2D eigenvalue weighted by Gasteiger charge is -2.03. The van der Waals surface area contributed by atoms with Gasteiger partial charge in [-0.25, -0.2) is 9.97 Å². The summed E-state index contributed by atoms with van der Waals surface area (Å²) in [6.07, 6.45) is 1.57. The van der Waals surface area contributed by atoms with Gasteiger partial charge in [-0.3, -0.25) is 9.20 Å². The maximum Gasteiger partial charge on any atom is 0.258 e. The molecular weight excluding hydrogens is 344 g/mol. The van der Waals surface area contributed by atoms with E-state index in [1.165, 1.54) is 27.8 Å². The molecule has 7 heteroatoms. The van der Waals surface area contributed by atoms with Crippen LogP contribution < -0.4 is 5.56 Å². The van der Waals surface area contributed by atoms with Gasteiger partial charge in [-0.05, 0) is 36.8 Å². The van der Waals surface area contributed by atoms with E-state index in [4.69, 9.17) is 11.6 Å². The van der Waals surface area contributed by atoms with Crippen LogP contribution in [0.5, 0.6) is 0 Å². The van der Waals surface area contributed by atoms with Crippen LogP contribution in [0.25, 0.3) is 16.7 Å². The second kappa shape index (κ2) is 5.96. The molecule has 5 nitrogen and oxygen atoms in total. The van der Waals surface area contributed by atoms with Gasteiger partial charge >= 0.3 is 0 Å². The van der Waals surface area contributed by atoms with Gasteiger partial charge in [0.1, 0.15) is 5.65 Å². The largest absolute Gasteiger partial charge is 0.333 e. The van der Waals surface area contributed by atoms with E-state index in [2.05, 4.69) is 21.0 Å². The highest BCUT2D eigenvalue weighted by Gasteiger charge is 2.07. The van der Waals surface area contributed by atoms with E-state index in [1.54, 1.807) is 18.3 Å².